The summed E-state index contributed by atoms with van der Waals surface area (Å²) in [6, 6.07) is 13.5. The van der Waals surface area contributed by atoms with Crippen LogP contribution in [0.25, 0.3) is 0 Å². The molecule has 1 heterocycles. The van der Waals surface area contributed by atoms with Gasteiger partial charge >= 0.3 is 0 Å². The third-order valence-electron chi connectivity index (χ3n) is 5.36. The molecule has 0 bridgehead atoms. The largest absolute Gasteiger partial charge is 0.467 e. The molecule has 1 aliphatic carbocycles. The maximum atomic E-state index is 13.8. The Bertz CT molecular complexity index is 1200. The molecule has 1 N–H and O–H groups in total. The van der Waals surface area contributed by atoms with E-state index >= 15 is 0 Å². The van der Waals surface area contributed by atoms with Gasteiger partial charge < -0.3 is 9.32 Å². The van der Waals surface area contributed by atoms with E-state index in [1.165, 1.54) is 18.2 Å². The Morgan fingerprint density at radius 1 is 1.16 bits per heavy atom. The molecular formula is C23H23FN2O4S. The summed E-state index contributed by atoms with van der Waals surface area (Å²) in [5.41, 5.74) is 0.950. The van der Waals surface area contributed by atoms with Gasteiger partial charge in [0.15, 0.2) is 0 Å². The van der Waals surface area contributed by atoms with Gasteiger partial charge in [0.2, 0.25) is 0 Å². The SMILES string of the molecule is Cc1ccc(S(=O)(=O)Nc2cccc(C(=O)N(C3CC3)C(C)c3ccco3)c2)cc1F. The van der Waals surface area contributed by atoms with Crippen LogP contribution in [0, 0.1) is 12.7 Å². The molecule has 162 valence electrons. The van der Waals surface area contributed by atoms with Gasteiger partial charge in [0.1, 0.15) is 11.6 Å². The van der Waals surface area contributed by atoms with Crippen LogP contribution < -0.4 is 4.72 Å². The van der Waals surface area contributed by atoms with Crippen LogP contribution in [0.4, 0.5) is 10.1 Å². The number of nitrogens with one attached hydrogen (secondary N) is 1. The second-order valence-corrected chi connectivity index (χ2v) is 9.41. The van der Waals surface area contributed by atoms with Gasteiger partial charge in [0.25, 0.3) is 15.9 Å². The summed E-state index contributed by atoms with van der Waals surface area (Å²) in [5.74, 6) is -0.105. The highest BCUT2D eigenvalue weighted by atomic mass is 32.2. The van der Waals surface area contributed by atoms with Crippen LogP contribution in [-0.2, 0) is 10.0 Å². The van der Waals surface area contributed by atoms with Gasteiger partial charge in [-0.15, -0.1) is 0 Å². The van der Waals surface area contributed by atoms with E-state index in [0.717, 1.165) is 18.9 Å². The van der Waals surface area contributed by atoms with E-state index in [4.69, 9.17) is 4.42 Å². The Kier molecular flexibility index (Phi) is 5.58. The number of carbonyl (C=O) groups excluding carboxylic acids is 1. The van der Waals surface area contributed by atoms with E-state index < -0.39 is 15.8 Å². The normalized spacial score (nSPS) is 14.8. The number of hydrogen-bond acceptors (Lipinski definition) is 4. The highest BCUT2D eigenvalue weighted by Gasteiger charge is 2.37. The van der Waals surface area contributed by atoms with Gasteiger partial charge in [-0.2, -0.15) is 0 Å². The number of amides is 1. The van der Waals surface area contributed by atoms with Gasteiger partial charge in [0, 0.05) is 17.3 Å². The van der Waals surface area contributed by atoms with Crippen molar-refractivity contribution in [3.05, 3.63) is 83.6 Å². The van der Waals surface area contributed by atoms with Crippen molar-refractivity contribution < 1.29 is 22.0 Å². The van der Waals surface area contributed by atoms with Crippen LogP contribution in [0.1, 0.15) is 47.5 Å². The number of aryl methyl sites for hydroxylation is 1. The minimum absolute atomic E-state index is 0.128. The minimum Gasteiger partial charge on any atom is -0.467 e. The molecule has 1 atom stereocenters. The number of benzene rings is 2. The third kappa shape index (κ3) is 4.49. The molecular weight excluding hydrogens is 419 g/mol. The standard InChI is InChI=1S/C23H23FN2O4S/c1-15-8-11-20(14-21(15)24)31(28,29)25-18-6-3-5-17(13-18)23(27)26(19-9-10-19)16(2)22-7-4-12-30-22/h3-8,11-14,16,19,25H,9-10H2,1-2H3. The van der Waals surface area contributed by atoms with Gasteiger partial charge in [-0.3, -0.25) is 9.52 Å². The molecule has 1 unspecified atom stereocenters. The van der Waals surface area contributed by atoms with Crippen molar-refractivity contribution >= 4 is 21.6 Å². The quantitative estimate of drug-likeness (QED) is 0.565. The first kappa shape index (κ1) is 21.1. The van der Waals surface area contributed by atoms with Gasteiger partial charge in [0.05, 0.1) is 17.2 Å². The lowest BCUT2D eigenvalue weighted by Crippen LogP contribution is -2.35. The lowest BCUT2D eigenvalue weighted by atomic mass is 10.1. The molecule has 2 aromatic carbocycles. The predicted molar refractivity (Wildman–Crippen MR) is 115 cm³/mol. The smallest absolute Gasteiger partial charge is 0.261 e. The van der Waals surface area contributed by atoms with Crippen LogP contribution in [0.2, 0.25) is 0 Å². The summed E-state index contributed by atoms with van der Waals surface area (Å²) in [4.78, 5) is 14.9. The minimum atomic E-state index is -4.00. The van der Waals surface area contributed by atoms with Crippen LogP contribution in [-0.4, -0.2) is 25.3 Å². The first-order valence-corrected chi connectivity index (χ1v) is 11.5. The fraction of sp³-hybridized carbons (Fsp3) is 0.261. The molecule has 8 heteroatoms. The summed E-state index contributed by atoms with van der Waals surface area (Å²) in [6.07, 6.45) is 3.41. The molecule has 31 heavy (non-hydrogen) atoms. The topological polar surface area (TPSA) is 79.6 Å². The van der Waals surface area contributed by atoms with E-state index in [0.29, 0.717) is 16.9 Å². The van der Waals surface area contributed by atoms with Crippen molar-refractivity contribution in [2.45, 2.75) is 43.7 Å². The number of furan rings is 1. The molecule has 4 rings (SSSR count). The lowest BCUT2D eigenvalue weighted by Gasteiger charge is -2.28. The Morgan fingerprint density at radius 2 is 1.94 bits per heavy atom. The number of carbonyl (C=O) groups is 1. The van der Waals surface area contributed by atoms with Crippen molar-refractivity contribution in [2.75, 3.05) is 4.72 Å². The van der Waals surface area contributed by atoms with Gasteiger partial charge in [-0.05, 0) is 74.7 Å². The molecule has 1 saturated carbocycles. The average molecular weight is 443 g/mol. The van der Waals surface area contributed by atoms with Crippen molar-refractivity contribution in [1.29, 1.82) is 0 Å². The van der Waals surface area contributed by atoms with Gasteiger partial charge in [-0.1, -0.05) is 12.1 Å². The van der Waals surface area contributed by atoms with Crippen LogP contribution >= 0.6 is 0 Å². The molecule has 0 spiro atoms. The van der Waals surface area contributed by atoms with Gasteiger partial charge in [-0.25, -0.2) is 12.8 Å². The number of sulfonamides is 1. The zero-order valence-corrected chi connectivity index (χ0v) is 18.0. The van der Waals surface area contributed by atoms with E-state index in [-0.39, 0.29) is 28.6 Å². The summed E-state index contributed by atoms with van der Waals surface area (Å²) >= 11 is 0. The highest BCUT2D eigenvalue weighted by molar-refractivity contribution is 7.92. The molecule has 1 amide bonds. The average Bonchev–Trinajstić information content (AvgIpc) is 3.41. The molecule has 1 aromatic heterocycles. The van der Waals surface area contributed by atoms with E-state index in [1.54, 1.807) is 42.4 Å². The van der Waals surface area contributed by atoms with Crippen molar-refractivity contribution in [2.24, 2.45) is 0 Å². The van der Waals surface area contributed by atoms with E-state index in [9.17, 15) is 17.6 Å². The highest BCUT2D eigenvalue weighted by Crippen LogP contribution is 2.36. The summed E-state index contributed by atoms with van der Waals surface area (Å²) in [5, 5.41) is 0. The van der Waals surface area contributed by atoms with Crippen LogP contribution in [0.3, 0.4) is 0 Å². The monoisotopic (exact) mass is 442 g/mol. The predicted octanol–water partition coefficient (Wildman–Crippen LogP) is 4.89. The van der Waals surface area contributed by atoms with Crippen LogP contribution in [0.15, 0.2) is 70.2 Å². The van der Waals surface area contributed by atoms with Crippen molar-refractivity contribution in [3.8, 4) is 0 Å². The van der Waals surface area contributed by atoms with Crippen molar-refractivity contribution in [3.63, 3.8) is 0 Å². The number of hydrogen-bond donors (Lipinski definition) is 1. The number of anilines is 1. The first-order chi connectivity index (χ1) is 14.8. The molecule has 0 radical (unpaired) electrons. The zero-order chi connectivity index (χ0) is 22.2. The number of rotatable bonds is 7. The maximum absolute atomic E-state index is 13.8. The Balaban J connectivity index is 1.58. The van der Waals surface area contributed by atoms with Crippen molar-refractivity contribution in [1.82, 2.24) is 4.90 Å². The molecule has 1 aliphatic rings. The molecule has 6 nitrogen and oxygen atoms in total. The first-order valence-electron chi connectivity index (χ1n) is 10.0. The van der Waals surface area contributed by atoms with E-state index in [1.807, 2.05) is 13.0 Å². The maximum Gasteiger partial charge on any atom is 0.261 e. The lowest BCUT2D eigenvalue weighted by molar-refractivity contribution is 0.0652. The van der Waals surface area contributed by atoms with E-state index in [2.05, 4.69) is 4.72 Å². The fourth-order valence-electron chi connectivity index (χ4n) is 3.50. The number of nitrogens with zero attached hydrogens (tertiary/aromatic N) is 1. The Morgan fingerprint density at radius 3 is 2.58 bits per heavy atom. The number of halogens is 1. The zero-order valence-electron chi connectivity index (χ0n) is 17.2. The molecule has 0 saturated heterocycles. The summed E-state index contributed by atoms with van der Waals surface area (Å²) in [6.45, 7) is 3.47. The second kappa shape index (κ2) is 8.19. The summed E-state index contributed by atoms with van der Waals surface area (Å²) < 4.78 is 47.1. The Labute approximate surface area is 180 Å². The third-order valence-corrected chi connectivity index (χ3v) is 6.74. The molecule has 3 aromatic rings. The Hall–Kier alpha value is -3.13. The molecule has 0 aliphatic heterocycles. The fourth-order valence-corrected chi connectivity index (χ4v) is 4.56. The summed E-state index contributed by atoms with van der Waals surface area (Å²) in [7, 11) is -4.00. The second-order valence-electron chi connectivity index (χ2n) is 7.73. The van der Waals surface area contributed by atoms with Crippen LogP contribution in [0.5, 0.6) is 0 Å². The molecule has 1 fully saturated rings.